The number of likely N-dealkylation sites (N-methyl/N-ethyl adjacent to an activating group) is 1. The van der Waals surface area contributed by atoms with E-state index >= 15 is 0 Å². The SMILES string of the molecule is CC(C)CC1CC(c2onc(C(CCO[Si](c3ccccc3)(c3ccccc3)C(C)(C)C)N(C)CC(=O)OC(C)(C)C)c2I)C1. The summed E-state index contributed by atoms with van der Waals surface area (Å²) in [6.07, 6.45) is 4.22. The van der Waals surface area contributed by atoms with E-state index in [2.05, 4.69) is 128 Å². The van der Waals surface area contributed by atoms with Crippen LogP contribution in [0.3, 0.4) is 0 Å². The van der Waals surface area contributed by atoms with Gasteiger partial charge in [-0.25, -0.2) is 0 Å². The molecule has 1 fully saturated rings. The van der Waals surface area contributed by atoms with Crippen molar-refractivity contribution in [3.05, 3.63) is 75.7 Å². The van der Waals surface area contributed by atoms with Gasteiger partial charge < -0.3 is 13.7 Å². The fraction of sp³-hybridized carbons (Fsp3) is 0.568. The molecule has 1 atom stereocenters. The first kappa shape index (κ1) is 35.8. The van der Waals surface area contributed by atoms with Crippen molar-refractivity contribution in [1.82, 2.24) is 10.1 Å². The summed E-state index contributed by atoms with van der Waals surface area (Å²) in [4.78, 5) is 15.0. The first-order chi connectivity index (χ1) is 21.1. The highest BCUT2D eigenvalue weighted by Crippen LogP contribution is 2.47. The smallest absolute Gasteiger partial charge is 0.320 e. The van der Waals surface area contributed by atoms with Crippen LogP contribution in [-0.2, 0) is 14.0 Å². The van der Waals surface area contributed by atoms with Crippen molar-refractivity contribution in [3.63, 3.8) is 0 Å². The average Bonchev–Trinajstić information content (AvgIpc) is 3.29. The van der Waals surface area contributed by atoms with Crippen molar-refractivity contribution < 1.29 is 18.5 Å². The van der Waals surface area contributed by atoms with E-state index in [9.17, 15) is 4.79 Å². The van der Waals surface area contributed by atoms with E-state index in [1.165, 1.54) is 16.8 Å². The summed E-state index contributed by atoms with van der Waals surface area (Å²) >= 11 is 2.41. The van der Waals surface area contributed by atoms with E-state index < -0.39 is 13.9 Å². The van der Waals surface area contributed by atoms with Crippen molar-refractivity contribution in [2.75, 3.05) is 20.2 Å². The molecule has 1 heterocycles. The summed E-state index contributed by atoms with van der Waals surface area (Å²) in [6, 6.07) is 21.3. The molecule has 0 aliphatic heterocycles. The molecule has 1 unspecified atom stereocenters. The molecule has 0 amide bonds. The lowest BCUT2D eigenvalue weighted by Crippen LogP contribution is -2.66. The average molecular weight is 745 g/mol. The molecule has 0 saturated heterocycles. The van der Waals surface area contributed by atoms with Crippen LogP contribution < -0.4 is 10.4 Å². The molecule has 0 bridgehead atoms. The third-order valence-corrected chi connectivity index (χ3v) is 15.0. The summed E-state index contributed by atoms with van der Waals surface area (Å²) in [6.45, 7) is 17.8. The van der Waals surface area contributed by atoms with Gasteiger partial charge in [-0.3, -0.25) is 9.69 Å². The summed E-state index contributed by atoms with van der Waals surface area (Å²) in [5.74, 6) is 2.62. The third-order valence-electron chi connectivity index (χ3n) is 8.87. The fourth-order valence-corrected chi connectivity index (χ4v) is 12.5. The molecule has 2 aromatic carbocycles. The van der Waals surface area contributed by atoms with Crippen molar-refractivity contribution in [2.24, 2.45) is 11.8 Å². The number of hydrogen-bond acceptors (Lipinski definition) is 6. The van der Waals surface area contributed by atoms with Gasteiger partial charge in [0.05, 0.1) is 16.2 Å². The Morgan fingerprint density at radius 2 is 1.56 bits per heavy atom. The number of ether oxygens (including phenoxy) is 1. The van der Waals surface area contributed by atoms with Crippen LogP contribution in [-0.4, -0.2) is 50.1 Å². The number of aromatic nitrogens is 1. The molecule has 45 heavy (non-hydrogen) atoms. The minimum Gasteiger partial charge on any atom is -0.459 e. The van der Waals surface area contributed by atoms with Crippen molar-refractivity contribution in [2.45, 2.75) is 104 Å². The molecular weight excluding hydrogens is 691 g/mol. The van der Waals surface area contributed by atoms with Crippen LogP contribution in [0.25, 0.3) is 0 Å². The van der Waals surface area contributed by atoms with Gasteiger partial charge in [0.15, 0.2) is 5.76 Å². The van der Waals surface area contributed by atoms with Crippen molar-refractivity contribution >= 4 is 47.3 Å². The predicted octanol–water partition coefficient (Wildman–Crippen LogP) is 8.10. The van der Waals surface area contributed by atoms with E-state index in [0.717, 1.165) is 33.8 Å². The number of esters is 1. The highest BCUT2D eigenvalue weighted by atomic mass is 127. The number of nitrogens with zero attached hydrogens (tertiary/aromatic N) is 2. The molecule has 8 heteroatoms. The third kappa shape index (κ3) is 8.67. The normalized spacial score (nSPS) is 18.2. The molecule has 1 aliphatic rings. The summed E-state index contributed by atoms with van der Waals surface area (Å²) in [5, 5.41) is 7.05. The van der Waals surface area contributed by atoms with E-state index in [-0.39, 0.29) is 23.6 Å². The Morgan fingerprint density at radius 1 is 1.00 bits per heavy atom. The molecule has 1 saturated carbocycles. The lowest BCUT2D eigenvalue weighted by atomic mass is 9.70. The van der Waals surface area contributed by atoms with E-state index in [0.29, 0.717) is 24.9 Å². The second kappa shape index (κ2) is 14.8. The van der Waals surface area contributed by atoms with Gasteiger partial charge in [-0.05, 0) is 103 Å². The zero-order valence-electron chi connectivity index (χ0n) is 28.7. The zero-order chi connectivity index (χ0) is 33.0. The predicted molar refractivity (Wildman–Crippen MR) is 194 cm³/mol. The Bertz CT molecular complexity index is 1340. The van der Waals surface area contributed by atoms with Crippen LogP contribution >= 0.6 is 22.6 Å². The number of rotatable bonds is 13. The van der Waals surface area contributed by atoms with Crippen molar-refractivity contribution in [1.29, 1.82) is 0 Å². The quantitative estimate of drug-likeness (QED) is 0.100. The monoisotopic (exact) mass is 744 g/mol. The fourth-order valence-electron chi connectivity index (χ4n) is 6.91. The standard InChI is InChI=1S/C37H53IN2O4Si/c1-26(2)22-27-23-28(24-27)35-33(38)34(39-44-35)31(40(9)25-32(41)43-36(3,4)5)20-21-42-45(37(6,7)8,29-16-12-10-13-17-29)30-18-14-11-15-19-30/h10-19,26-28,31H,20-25H2,1-9H3. The minimum atomic E-state index is -2.72. The van der Waals surface area contributed by atoms with E-state index in [4.69, 9.17) is 13.7 Å². The topological polar surface area (TPSA) is 64.8 Å². The maximum Gasteiger partial charge on any atom is 0.320 e. The van der Waals surface area contributed by atoms with E-state index in [1.54, 1.807) is 0 Å². The Morgan fingerprint density at radius 3 is 2.04 bits per heavy atom. The van der Waals surface area contributed by atoms with Crippen LogP contribution in [0, 0.1) is 15.4 Å². The largest absolute Gasteiger partial charge is 0.459 e. The van der Waals surface area contributed by atoms with Crippen LogP contribution in [0.1, 0.15) is 104 Å². The number of halogens is 1. The van der Waals surface area contributed by atoms with Crippen LogP contribution in [0.4, 0.5) is 0 Å². The minimum absolute atomic E-state index is 0.125. The summed E-state index contributed by atoms with van der Waals surface area (Å²) in [7, 11) is -0.740. The lowest BCUT2D eigenvalue weighted by Gasteiger charge is -2.43. The lowest BCUT2D eigenvalue weighted by molar-refractivity contribution is -0.156. The molecule has 4 rings (SSSR count). The summed E-state index contributed by atoms with van der Waals surface area (Å²) < 4.78 is 20.1. The van der Waals surface area contributed by atoms with Gasteiger partial charge in [0, 0.05) is 12.5 Å². The highest BCUT2D eigenvalue weighted by molar-refractivity contribution is 14.1. The Labute approximate surface area is 285 Å². The first-order valence-corrected chi connectivity index (χ1v) is 19.4. The molecule has 6 nitrogen and oxygen atoms in total. The molecule has 3 aromatic rings. The Kier molecular flexibility index (Phi) is 11.8. The van der Waals surface area contributed by atoms with Crippen LogP contribution in [0.5, 0.6) is 0 Å². The molecule has 246 valence electrons. The Balaban J connectivity index is 1.63. The number of hydrogen-bond donors (Lipinski definition) is 0. The highest BCUT2D eigenvalue weighted by Gasteiger charge is 2.50. The zero-order valence-corrected chi connectivity index (χ0v) is 31.9. The van der Waals surface area contributed by atoms with Gasteiger partial charge in [0.25, 0.3) is 8.32 Å². The molecule has 1 aromatic heterocycles. The number of benzene rings is 2. The van der Waals surface area contributed by atoms with Gasteiger partial charge >= 0.3 is 5.97 Å². The molecule has 0 N–H and O–H groups in total. The van der Waals surface area contributed by atoms with Crippen LogP contribution in [0.2, 0.25) is 5.04 Å². The van der Waals surface area contributed by atoms with Gasteiger partial charge in [0.1, 0.15) is 11.3 Å². The maximum absolute atomic E-state index is 13.0. The molecule has 0 radical (unpaired) electrons. The molecule has 0 spiro atoms. The first-order valence-electron chi connectivity index (χ1n) is 16.4. The summed E-state index contributed by atoms with van der Waals surface area (Å²) in [5.41, 5.74) is 0.335. The maximum atomic E-state index is 13.0. The van der Waals surface area contributed by atoms with Crippen LogP contribution in [0.15, 0.2) is 65.2 Å². The van der Waals surface area contributed by atoms with Gasteiger partial charge in [-0.15, -0.1) is 0 Å². The van der Waals surface area contributed by atoms with E-state index in [1.807, 2.05) is 27.8 Å². The molecular formula is C37H53IN2O4Si. The van der Waals surface area contributed by atoms with Gasteiger partial charge in [0.2, 0.25) is 0 Å². The Hall–Kier alpha value is -2.01. The number of carbonyl (C=O) groups is 1. The molecule has 1 aliphatic carbocycles. The number of carbonyl (C=O) groups excluding carboxylic acids is 1. The van der Waals surface area contributed by atoms with Gasteiger partial charge in [-0.2, -0.15) is 0 Å². The second-order valence-electron chi connectivity index (χ2n) is 15.2. The van der Waals surface area contributed by atoms with Gasteiger partial charge in [-0.1, -0.05) is 100 Å². The second-order valence-corrected chi connectivity index (χ2v) is 20.6. The van der Waals surface area contributed by atoms with Crippen molar-refractivity contribution in [3.8, 4) is 0 Å².